The number of nitrogens with zero attached hydrogens (tertiary/aromatic N) is 2. The summed E-state index contributed by atoms with van der Waals surface area (Å²) in [5.41, 5.74) is 1.48. The van der Waals surface area contributed by atoms with Crippen molar-refractivity contribution in [3.8, 4) is 0 Å². The topological polar surface area (TPSA) is 54.5 Å². The number of hydrogen-bond acceptors (Lipinski definition) is 4. The highest BCUT2D eigenvalue weighted by atomic mass is 16.5. The van der Waals surface area contributed by atoms with Crippen molar-refractivity contribution in [1.29, 1.82) is 0 Å². The maximum Gasteiger partial charge on any atom is 0.272 e. The Hall–Kier alpha value is -1.62. The molecular formula is C15H21N3O2. The Morgan fingerprint density at radius 3 is 2.75 bits per heavy atom. The van der Waals surface area contributed by atoms with E-state index in [2.05, 4.69) is 17.2 Å². The molecule has 0 spiro atoms. The zero-order valence-corrected chi connectivity index (χ0v) is 11.8. The van der Waals surface area contributed by atoms with Gasteiger partial charge in [-0.2, -0.15) is 0 Å². The van der Waals surface area contributed by atoms with Crippen LogP contribution in [0.5, 0.6) is 0 Å². The Labute approximate surface area is 119 Å². The van der Waals surface area contributed by atoms with E-state index in [1.807, 2.05) is 11.0 Å². The Morgan fingerprint density at radius 2 is 2.15 bits per heavy atom. The second kappa shape index (κ2) is 5.79. The number of carbonyl (C=O) groups excluding carboxylic acids is 1. The molecule has 2 fully saturated rings. The Bertz CT molecular complexity index is 463. The van der Waals surface area contributed by atoms with Gasteiger partial charge in [-0.05, 0) is 31.4 Å². The van der Waals surface area contributed by atoms with E-state index in [0.717, 1.165) is 31.5 Å². The lowest BCUT2D eigenvalue weighted by atomic mass is 10.2. The van der Waals surface area contributed by atoms with Gasteiger partial charge in [-0.15, -0.1) is 0 Å². The molecule has 1 N–H and O–H groups in total. The largest absolute Gasteiger partial charge is 0.384 e. The molecule has 2 bridgehead atoms. The molecule has 2 atom stereocenters. The minimum atomic E-state index is 0.0206. The molecule has 3 rings (SSSR count). The number of rotatable bonds is 4. The van der Waals surface area contributed by atoms with E-state index in [1.54, 1.807) is 12.3 Å². The Kier molecular flexibility index (Phi) is 3.87. The molecule has 5 nitrogen and oxygen atoms in total. The Morgan fingerprint density at radius 1 is 1.40 bits per heavy atom. The van der Waals surface area contributed by atoms with E-state index in [1.165, 1.54) is 0 Å². The number of amides is 1. The molecule has 20 heavy (non-hydrogen) atoms. The summed E-state index contributed by atoms with van der Waals surface area (Å²) in [6.45, 7) is 4.44. The van der Waals surface area contributed by atoms with Gasteiger partial charge in [-0.3, -0.25) is 4.79 Å². The lowest BCUT2D eigenvalue weighted by Crippen LogP contribution is -2.46. The molecule has 1 aromatic rings. The summed E-state index contributed by atoms with van der Waals surface area (Å²) in [5.74, 6) is 0.0206. The van der Waals surface area contributed by atoms with Gasteiger partial charge >= 0.3 is 0 Å². The summed E-state index contributed by atoms with van der Waals surface area (Å²) in [6.07, 6.45) is 5.39. The molecule has 108 valence electrons. The van der Waals surface area contributed by atoms with E-state index in [4.69, 9.17) is 4.74 Å². The molecule has 1 aromatic heterocycles. The molecule has 2 unspecified atom stereocenters. The lowest BCUT2D eigenvalue weighted by Gasteiger charge is -2.31. The van der Waals surface area contributed by atoms with Gasteiger partial charge in [0.2, 0.25) is 0 Å². The molecule has 0 aromatic carbocycles. The lowest BCUT2D eigenvalue weighted by molar-refractivity contribution is -0.0305. The third kappa shape index (κ3) is 2.77. The summed E-state index contributed by atoms with van der Waals surface area (Å²) in [6, 6.07) is 3.72. The van der Waals surface area contributed by atoms with Crippen molar-refractivity contribution in [1.82, 2.24) is 9.88 Å². The molecule has 0 radical (unpaired) electrons. The highest BCUT2D eigenvalue weighted by Gasteiger charge is 2.36. The van der Waals surface area contributed by atoms with Crippen LogP contribution in [0.4, 0.5) is 5.69 Å². The van der Waals surface area contributed by atoms with Gasteiger partial charge in [0.1, 0.15) is 5.69 Å². The normalized spacial score (nSPS) is 24.8. The molecule has 0 aliphatic carbocycles. The van der Waals surface area contributed by atoms with Gasteiger partial charge < -0.3 is 15.0 Å². The SMILES string of the molecule is CCCNc1ccc(C(=O)N2CC3CCC(C2)O3)nc1. The highest BCUT2D eigenvalue weighted by Crippen LogP contribution is 2.26. The van der Waals surface area contributed by atoms with Crippen LogP contribution in [0.1, 0.15) is 36.7 Å². The number of aromatic nitrogens is 1. The van der Waals surface area contributed by atoms with Crippen molar-refractivity contribution in [3.05, 3.63) is 24.0 Å². The maximum absolute atomic E-state index is 12.4. The van der Waals surface area contributed by atoms with Gasteiger partial charge in [-0.1, -0.05) is 6.92 Å². The van der Waals surface area contributed by atoms with Gasteiger partial charge in [0.25, 0.3) is 5.91 Å². The van der Waals surface area contributed by atoms with E-state index in [9.17, 15) is 4.79 Å². The number of fused-ring (bicyclic) bond motifs is 2. The zero-order valence-electron chi connectivity index (χ0n) is 11.8. The first-order valence-electron chi connectivity index (χ1n) is 7.41. The fourth-order valence-electron chi connectivity index (χ4n) is 2.84. The van der Waals surface area contributed by atoms with E-state index in [-0.39, 0.29) is 18.1 Å². The number of morpholine rings is 1. The third-order valence-corrected chi connectivity index (χ3v) is 3.89. The average Bonchev–Trinajstić information content (AvgIpc) is 2.83. The number of hydrogen-bond donors (Lipinski definition) is 1. The van der Waals surface area contributed by atoms with Crippen LogP contribution in [-0.4, -0.2) is 47.6 Å². The summed E-state index contributed by atoms with van der Waals surface area (Å²) in [7, 11) is 0. The predicted octanol–water partition coefficient (Wildman–Crippen LogP) is 1.91. The van der Waals surface area contributed by atoms with Gasteiger partial charge in [0, 0.05) is 19.6 Å². The molecule has 3 heterocycles. The minimum Gasteiger partial charge on any atom is -0.384 e. The molecule has 2 aliphatic rings. The molecule has 2 aliphatic heterocycles. The quantitative estimate of drug-likeness (QED) is 0.912. The monoisotopic (exact) mass is 275 g/mol. The van der Waals surface area contributed by atoms with Crippen molar-refractivity contribution in [2.75, 3.05) is 25.0 Å². The minimum absolute atomic E-state index is 0.0206. The molecule has 0 saturated carbocycles. The first-order valence-corrected chi connectivity index (χ1v) is 7.41. The first-order chi connectivity index (χ1) is 9.76. The number of pyridine rings is 1. The van der Waals surface area contributed by atoms with Crippen molar-refractivity contribution < 1.29 is 9.53 Å². The smallest absolute Gasteiger partial charge is 0.272 e. The van der Waals surface area contributed by atoms with Crippen LogP contribution in [0.3, 0.4) is 0 Å². The van der Waals surface area contributed by atoms with Crippen LogP contribution in [0.15, 0.2) is 18.3 Å². The number of carbonyl (C=O) groups is 1. The van der Waals surface area contributed by atoms with Crippen LogP contribution in [-0.2, 0) is 4.74 Å². The molecule has 2 saturated heterocycles. The van der Waals surface area contributed by atoms with E-state index < -0.39 is 0 Å². The summed E-state index contributed by atoms with van der Waals surface area (Å²) in [5, 5.41) is 3.26. The van der Waals surface area contributed by atoms with Crippen LogP contribution < -0.4 is 5.32 Å². The summed E-state index contributed by atoms with van der Waals surface area (Å²) >= 11 is 0. The van der Waals surface area contributed by atoms with Crippen LogP contribution in [0.2, 0.25) is 0 Å². The standard InChI is InChI=1S/C15H21N3O2/c1-2-7-16-11-3-6-14(17-8-11)15(19)18-9-12-4-5-13(10-18)20-12/h3,6,8,12-13,16H,2,4-5,7,9-10H2,1H3. The van der Waals surface area contributed by atoms with Crippen molar-refractivity contribution in [2.24, 2.45) is 0 Å². The second-order valence-electron chi connectivity index (χ2n) is 5.53. The molecular weight excluding hydrogens is 254 g/mol. The molecule has 5 heteroatoms. The van der Waals surface area contributed by atoms with Crippen LogP contribution in [0, 0.1) is 0 Å². The first kappa shape index (κ1) is 13.4. The number of likely N-dealkylation sites (tertiary alicyclic amines) is 1. The van der Waals surface area contributed by atoms with E-state index >= 15 is 0 Å². The zero-order chi connectivity index (χ0) is 13.9. The van der Waals surface area contributed by atoms with Gasteiger partial charge in [0.15, 0.2) is 0 Å². The molecule has 1 amide bonds. The van der Waals surface area contributed by atoms with Crippen molar-refractivity contribution in [2.45, 2.75) is 38.4 Å². The fraction of sp³-hybridized carbons (Fsp3) is 0.600. The fourth-order valence-corrected chi connectivity index (χ4v) is 2.84. The van der Waals surface area contributed by atoms with Crippen LogP contribution in [0.25, 0.3) is 0 Å². The third-order valence-electron chi connectivity index (χ3n) is 3.89. The second-order valence-corrected chi connectivity index (χ2v) is 5.53. The maximum atomic E-state index is 12.4. The Balaban J connectivity index is 1.64. The summed E-state index contributed by atoms with van der Waals surface area (Å²) < 4.78 is 5.75. The number of nitrogens with one attached hydrogen (secondary N) is 1. The predicted molar refractivity (Wildman–Crippen MR) is 76.8 cm³/mol. The van der Waals surface area contributed by atoms with Crippen molar-refractivity contribution in [3.63, 3.8) is 0 Å². The highest BCUT2D eigenvalue weighted by molar-refractivity contribution is 5.92. The van der Waals surface area contributed by atoms with E-state index in [0.29, 0.717) is 18.8 Å². The average molecular weight is 275 g/mol. The van der Waals surface area contributed by atoms with Crippen molar-refractivity contribution >= 4 is 11.6 Å². The number of ether oxygens (including phenoxy) is 1. The van der Waals surface area contributed by atoms with Crippen LogP contribution >= 0.6 is 0 Å². The van der Waals surface area contributed by atoms with Gasteiger partial charge in [-0.25, -0.2) is 4.98 Å². The number of anilines is 1. The summed E-state index contributed by atoms with van der Waals surface area (Å²) in [4.78, 5) is 18.6. The van der Waals surface area contributed by atoms with Gasteiger partial charge in [0.05, 0.1) is 24.1 Å².